The number of hydrogen-bond donors (Lipinski definition) is 1. The molecule has 2 heteroatoms. The maximum atomic E-state index is 3.72. The predicted octanol–water partition coefficient (Wildman–Crippen LogP) is 1.47. The van der Waals surface area contributed by atoms with Gasteiger partial charge in [0.25, 0.3) is 0 Å². The summed E-state index contributed by atoms with van der Waals surface area (Å²) >= 11 is 0. The van der Waals surface area contributed by atoms with E-state index in [1.54, 1.807) is 0 Å². The zero-order valence-corrected chi connectivity index (χ0v) is 9.37. The van der Waals surface area contributed by atoms with E-state index in [0.29, 0.717) is 0 Å². The van der Waals surface area contributed by atoms with Gasteiger partial charge in [-0.3, -0.25) is 4.90 Å². The minimum Gasteiger partial charge on any atom is -0.311 e. The van der Waals surface area contributed by atoms with Crippen molar-refractivity contribution in [3.05, 3.63) is 0 Å². The Morgan fingerprint density at radius 3 is 2.50 bits per heavy atom. The summed E-state index contributed by atoms with van der Waals surface area (Å²) in [4.78, 5) is 2.77. The van der Waals surface area contributed by atoms with Crippen molar-refractivity contribution >= 4 is 0 Å². The minimum absolute atomic E-state index is 0.764. The Kier molecular flexibility index (Phi) is 2.10. The third-order valence-corrected chi connectivity index (χ3v) is 4.33. The Labute approximate surface area is 87.0 Å². The number of hydrogen-bond acceptors (Lipinski definition) is 2. The van der Waals surface area contributed by atoms with E-state index in [9.17, 15) is 0 Å². The lowest BCUT2D eigenvalue weighted by Gasteiger charge is -2.39. The maximum Gasteiger partial charge on any atom is 0.0224 e. The monoisotopic (exact) mass is 194 g/mol. The highest BCUT2D eigenvalue weighted by Crippen LogP contribution is 2.40. The van der Waals surface area contributed by atoms with Crippen molar-refractivity contribution in [3.8, 4) is 0 Å². The van der Waals surface area contributed by atoms with E-state index in [2.05, 4.69) is 24.1 Å². The molecule has 0 spiro atoms. The van der Waals surface area contributed by atoms with Crippen LogP contribution < -0.4 is 5.32 Å². The van der Waals surface area contributed by atoms with Gasteiger partial charge < -0.3 is 5.32 Å². The van der Waals surface area contributed by atoms with Gasteiger partial charge in [-0.2, -0.15) is 0 Å². The van der Waals surface area contributed by atoms with E-state index >= 15 is 0 Å². The molecule has 2 nitrogen and oxygen atoms in total. The topological polar surface area (TPSA) is 15.3 Å². The summed E-state index contributed by atoms with van der Waals surface area (Å²) in [5, 5.41) is 3.72. The first kappa shape index (κ1) is 9.17. The second kappa shape index (κ2) is 3.21. The Morgan fingerprint density at radius 2 is 1.93 bits per heavy atom. The molecule has 0 aromatic carbocycles. The second-order valence-corrected chi connectivity index (χ2v) is 5.68. The molecule has 14 heavy (non-hydrogen) atoms. The van der Waals surface area contributed by atoms with Crippen molar-refractivity contribution in [3.63, 3.8) is 0 Å². The van der Waals surface area contributed by atoms with Crippen molar-refractivity contribution in [2.75, 3.05) is 13.1 Å². The fourth-order valence-electron chi connectivity index (χ4n) is 2.95. The van der Waals surface area contributed by atoms with Gasteiger partial charge in [0, 0.05) is 31.2 Å². The molecule has 1 aliphatic heterocycles. The zero-order chi connectivity index (χ0) is 9.71. The Morgan fingerprint density at radius 1 is 1.21 bits per heavy atom. The highest BCUT2D eigenvalue weighted by atomic mass is 15.3. The molecule has 3 aliphatic rings. The standard InChI is InChI=1S/C12H22N2/c1-8-5-12(8)14-7-11(10-3-4-10)13-6-9(14)2/h8-13H,3-7H2,1-2H3. The summed E-state index contributed by atoms with van der Waals surface area (Å²) in [7, 11) is 0. The average Bonchev–Trinajstić information content (AvgIpc) is 3.01. The Hall–Kier alpha value is -0.0800. The third kappa shape index (κ3) is 1.59. The average molecular weight is 194 g/mol. The molecule has 0 aromatic rings. The molecule has 4 unspecified atom stereocenters. The minimum atomic E-state index is 0.764. The predicted molar refractivity (Wildman–Crippen MR) is 58.3 cm³/mol. The molecular weight excluding hydrogens is 172 g/mol. The van der Waals surface area contributed by atoms with Crippen LogP contribution in [0.4, 0.5) is 0 Å². The smallest absolute Gasteiger partial charge is 0.0224 e. The molecular formula is C12H22N2. The van der Waals surface area contributed by atoms with E-state index in [0.717, 1.165) is 30.0 Å². The molecule has 1 saturated heterocycles. The molecule has 4 atom stereocenters. The summed E-state index contributed by atoms with van der Waals surface area (Å²) in [5.74, 6) is 1.98. The van der Waals surface area contributed by atoms with Crippen LogP contribution in [0.25, 0.3) is 0 Å². The Balaban J connectivity index is 1.62. The molecule has 80 valence electrons. The fraction of sp³-hybridized carbons (Fsp3) is 1.00. The first-order valence-electron chi connectivity index (χ1n) is 6.25. The summed E-state index contributed by atoms with van der Waals surface area (Å²) in [6.07, 6.45) is 4.39. The SMILES string of the molecule is CC1CC1N1CC(C2CC2)NCC1C. The normalized spacial score (nSPS) is 49.3. The summed E-state index contributed by atoms with van der Waals surface area (Å²) < 4.78 is 0. The first-order chi connectivity index (χ1) is 6.75. The summed E-state index contributed by atoms with van der Waals surface area (Å²) in [5.41, 5.74) is 0. The fourth-order valence-corrected chi connectivity index (χ4v) is 2.95. The lowest BCUT2D eigenvalue weighted by atomic mass is 10.1. The van der Waals surface area contributed by atoms with Crippen LogP contribution in [-0.4, -0.2) is 36.1 Å². The van der Waals surface area contributed by atoms with Crippen molar-refractivity contribution < 1.29 is 0 Å². The molecule has 0 radical (unpaired) electrons. The van der Waals surface area contributed by atoms with Crippen LogP contribution in [0.3, 0.4) is 0 Å². The lowest BCUT2D eigenvalue weighted by Crippen LogP contribution is -2.57. The van der Waals surface area contributed by atoms with Crippen LogP contribution in [0, 0.1) is 11.8 Å². The maximum absolute atomic E-state index is 3.72. The van der Waals surface area contributed by atoms with Crippen LogP contribution in [0.15, 0.2) is 0 Å². The highest BCUT2D eigenvalue weighted by molar-refractivity contribution is 5.00. The van der Waals surface area contributed by atoms with Gasteiger partial charge in [-0.1, -0.05) is 6.92 Å². The largest absolute Gasteiger partial charge is 0.311 e. The molecule has 3 fully saturated rings. The lowest BCUT2D eigenvalue weighted by molar-refractivity contribution is 0.119. The molecule has 0 aromatic heterocycles. The summed E-state index contributed by atoms with van der Waals surface area (Å²) in [6, 6.07) is 2.51. The van der Waals surface area contributed by atoms with Gasteiger partial charge in [-0.25, -0.2) is 0 Å². The second-order valence-electron chi connectivity index (χ2n) is 5.68. The number of rotatable bonds is 2. The van der Waals surface area contributed by atoms with Crippen molar-refractivity contribution in [1.82, 2.24) is 10.2 Å². The van der Waals surface area contributed by atoms with Crippen LogP contribution in [-0.2, 0) is 0 Å². The summed E-state index contributed by atoms with van der Waals surface area (Å²) in [6.45, 7) is 7.30. The van der Waals surface area contributed by atoms with Crippen LogP contribution in [0.5, 0.6) is 0 Å². The third-order valence-electron chi connectivity index (χ3n) is 4.33. The van der Waals surface area contributed by atoms with E-state index < -0.39 is 0 Å². The van der Waals surface area contributed by atoms with Crippen molar-refractivity contribution in [2.45, 2.75) is 51.2 Å². The highest BCUT2D eigenvalue weighted by Gasteiger charge is 2.44. The molecule has 0 bridgehead atoms. The molecule has 2 saturated carbocycles. The van der Waals surface area contributed by atoms with Crippen LogP contribution in [0.1, 0.15) is 33.1 Å². The molecule has 0 amide bonds. The molecule has 1 heterocycles. The molecule has 3 rings (SSSR count). The molecule has 1 N–H and O–H groups in total. The van der Waals surface area contributed by atoms with Gasteiger partial charge in [0.2, 0.25) is 0 Å². The van der Waals surface area contributed by atoms with Gasteiger partial charge in [-0.05, 0) is 38.0 Å². The van der Waals surface area contributed by atoms with Crippen molar-refractivity contribution in [1.29, 1.82) is 0 Å². The van der Waals surface area contributed by atoms with Crippen LogP contribution >= 0.6 is 0 Å². The van der Waals surface area contributed by atoms with E-state index in [1.807, 2.05) is 0 Å². The number of nitrogens with zero attached hydrogens (tertiary/aromatic N) is 1. The Bertz CT molecular complexity index is 222. The van der Waals surface area contributed by atoms with Gasteiger partial charge in [0.15, 0.2) is 0 Å². The van der Waals surface area contributed by atoms with Gasteiger partial charge in [0.05, 0.1) is 0 Å². The van der Waals surface area contributed by atoms with Gasteiger partial charge in [0.1, 0.15) is 0 Å². The van der Waals surface area contributed by atoms with Gasteiger partial charge in [-0.15, -0.1) is 0 Å². The van der Waals surface area contributed by atoms with E-state index in [-0.39, 0.29) is 0 Å². The van der Waals surface area contributed by atoms with Crippen molar-refractivity contribution in [2.24, 2.45) is 11.8 Å². The molecule has 2 aliphatic carbocycles. The number of piperazine rings is 1. The first-order valence-corrected chi connectivity index (χ1v) is 6.25. The van der Waals surface area contributed by atoms with Gasteiger partial charge >= 0.3 is 0 Å². The quantitative estimate of drug-likeness (QED) is 0.716. The zero-order valence-electron chi connectivity index (χ0n) is 9.37. The van der Waals surface area contributed by atoms with E-state index in [1.165, 1.54) is 32.4 Å². The van der Waals surface area contributed by atoms with E-state index in [4.69, 9.17) is 0 Å². The number of nitrogens with one attached hydrogen (secondary N) is 1. The van der Waals surface area contributed by atoms with Crippen LogP contribution in [0.2, 0.25) is 0 Å².